The molecule has 1 atom stereocenters. The average molecular weight is 259 g/mol. The van der Waals surface area contributed by atoms with Crippen LogP contribution in [0.2, 0.25) is 0 Å². The molecule has 2 aromatic rings. The van der Waals surface area contributed by atoms with E-state index in [1.165, 1.54) is 25.9 Å². The van der Waals surface area contributed by atoms with Crippen LogP contribution in [0.1, 0.15) is 12.8 Å². The van der Waals surface area contributed by atoms with E-state index in [-0.39, 0.29) is 5.95 Å². The van der Waals surface area contributed by atoms with Gasteiger partial charge in [0, 0.05) is 12.6 Å². The number of hydrogen-bond donors (Lipinski definition) is 3. The molecule has 0 saturated carbocycles. The summed E-state index contributed by atoms with van der Waals surface area (Å²) in [7, 11) is 0. The molecule has 3 aliphatic rings. The molecule has 1 unspecified atom stereocenters. The summed E-state index contributed by atoms with van der Waals surface area (Å²) in [4.78, 5) is 18.2. The molecule has 3 aliphatic heterocycles. The van der Waals surface area contributed by atoms with E-state index in [0.717, 1.165) is 23.8 Å². The standard InChI is InChI=1S/C12H17N7/c13-12-17-10-9(14-6-15-10)11(18-12)16-8-5-19-3-1-7(8)2-4-19/h6-8H,1-5H2,(H4,13,14,15,16,17,18). The van der Waals surface area contributed by atoms with Gasteiger partial charge in [0.2, 0.25) is 5.95 Å². The van der Waals surface area contributed by atoms with E-state index in [4.69, 9.17) is 5.73 Å². The van der Waals surface area contributed by atoms with Crippen LogP contribution in [0.5, 0.6) is 0 Å². The van der Waals surface area contributed by atoms with E-state index in [2.05, 4.69) is 30.2 Å². The SMILES string of the molecule is Nc1nc(NC2CN3CCC2CC3)c2[nH]cnc2n1. The van der Waals surface area contributed by atoms with Crippen molar-refractivity contribution in [3.63, 3.8) is 0 Å². The lowest BCUT2D eigenvalue weighted by Crippen LogP contribution is -2.53. The monoisotopic (exact) mass is 259 g/mol. The van der Waals surface area contributed by atoms with Crippen molar-refractivity contribution in [1.29, 1.82) is 0 Å². The zero-order valence-electron chi connectivity index (χ0n) is 10.6. The molecule has 0 radical (unpaired) electrons. The lowest BCUT2D eigenvalue weighted by atomic mass is 9.84. The average Bonchev–Trinajstić information content (AvgIpc) is 2.88. The van der Waals surface area contributed by atoms with E-state index >= 15 is 0 Å². The van der Waals surface area contributed by atoms with Gasteiger partial charge in [-0.3, -0.25) is 0 Å². The highest BCUT2D eigenvalue weighted by atomic mass is 15.2. The fraction of sp³-hybridized carbons (Fsp3) is 0.583. The topological polar surface area (TPSA) is 95.8 Å². The van der Waals surface area contributed by atoms with Crippen molar-refractivity contribution in [3.05, 3.63) is 6.33 Å². The molecule has 2 aromatic heterocycles. The fourth-order valence-electron chi connectivity index (χ4n) is 3.26. The molecule has 0 aliphatic carbocycles. The van der Waals surface area contributed by atoms with E-state index in [9.17, 15) is 0 Å². The van der Waals surface area contributed by atoms with Gasteiger partial charge in [0.05, 0.1) is 6.33 Å². The summed E-state index contributed by atoms with van der Waals surface area (Å²) in [6.45, 7) is 3.55. The normalized spacial score (nSPS) is 29.8. The van der Waals surface area contributed by atoms with Gasteiger partial charge in [-0.25, -0.2) is 4.98 Å². The summed E-state index contributed by atoms with van der Waals surface area (Å²) in [6, 6.07) is 0.448. The lowest BCUT2D eigenvalue weighted by Gasteiger charge is -2.45. The Bertz CT molecular complexity index is 599. The number of nitrogens with zero attached hydrogens (tertiary/aromatic N) is 4. The number of nitrogens with one attached hydrogen (secondary N) is 2. The van der Waals surface area contributed by atoms with Gasteiger partial charge in [-0.05, 0) is 31.8 Å². The molecule has 0 amide bonds. The van der Waals surface area contributed by atoms with Crippen LogP contribution in [0.25, 0.3) is 11.2 Å². The Morgan fingerprint density at radius 1 is 1.32 bits per heavy atom. The lowest BCUT2D eigenvalue weighted by molar-refractivity contribution is 0.0974. The molecule has 7 heteroatoms. The van der Waals surface area contributed by atoms with Crippen LogP contribution in [-0.2, 0) is 0 Å². The maximum atomic E-state index is 5.74. The molecule has 5 heterocycles. The largest absolute Gasteiger partial charge is 0.368 e. The first-order valence-electron chi connectivity index (χ1n) is 6.75. The van der Waals surface area contributed by atoms with Crippen molar-refractivity contribution in [1.82, 2.24) is 24.8 Å². The van der Waals surface area contributed by atoms with Crippen molar-refractivity contribution in [2.45, 2.75) is 18.9 Å². The van der Waals surface area contributed by atoms with Crippen molar-refractivity contribution >= 4 is 22.9 Å². The first-order chi connectivity index (χ1) is 9.29. The Kier molecular flexibility index (Phi) is 2.34. The number of fused-ring (bicyclic) bond motifs is 4. The predicted molar refractivity (Wildman–Crippen MR) is 72.7 cm³/mol. The minimum atomic E-state index is 0.267. The van der Waals surface area contributed by atoms with Crippen molar-refractivity contribution in [2.75, 3.05) is 30.7 Å². The van der Waals surface area contributed by atoms with E-state index in [1.54, 1.807) is 6.33 Å². The van der Waals surface area contributed by atoms with E-state index < -0.39 is 0 Å². The van der Waals surface area contributed by atoms with Crippen LogP contribution in [0.4, 0.5) is 11.8 Å². The summed E-state index contributed by atoms with van der Waals surface area (Å²) in [5.74, 6) is 1.78. The van der Waals surface area contributed by atoms with E-state index in [1.807, 2.05) is 0 Å². The maximum absolute atomic E-state index is 5.74. The van der Waals surface area contributed by atoms with Gasteiger partial charge in [-0.1, -0.05) is 0 Å². The summed E-state index contributed by atoms with van der Waals surface area (Å²) in [5, 5.41) is 3.54. The number of aromatic amines is 1. The minimum Gasteiger partial charge on any atom is -0.368 e. The molecule has 2 bridgehead atoms. The Labute approximate surface area is 110 Å². The zero-order chi connectivity index (χ0) is 12.8. The summed E-state index contributed by atoms with van der Waals surface area (Å²) < 4.78 is 0. The van der Waals surface area contributed by atoms with Crippen molar-refractivity contribution < 1.29 is 0 Å². The molecule has 100 valence electrons. The van der Waals surface area contributed by atoms with Crippen molar-refractivity contribution in [3.8, 4) is 0 Å². The van der Waals surface area contributed by atoms with Crippen molar-refractivity contribution in [2.24, 2.45) is 5.92 Å². The predicted octanol–water partition coefficient (Wildman–Crippen LogP) is 0.441. The summed E-state index contributed by atoms with van der Waals surface area (Å²) in [6.07, 6.45) is 4.16. The number of aromatic nitrogens is 4. The first-order valence-corrected chi connectivity index (χ1v) is 6.75. The van der Waals surface area contributed by atoms with Gasteiger partial charge in [0.1, 0.15) is 5.52 Å². The second-order valence-corrected chi connectivity index (χ2v) is 5.42. The number of nitrogens with two attached hydrogens (primary N) is 1. The Balaban J connectivity index is 1.66. The third-order valence-corrected chi connectivity index (χ3v) is 4.28. The van der Waals surface area contributed by atoms with Crippen LogP contribution in [0, 0.1) is 5.92 Å². The Morgan fingerprint density at radius 2 is 2.16 bits per heavy atom. The van der Waals surface area contributed by atoms with Gasteiger partial charge in [0.15, 0.2) is 11.5 Å². The van der Waals surface area contributed by atoms with Gasteiger partial charge in [0.25, 0.3) is 0 Å². The summed E-state index contributed by atoms with van der Waals surface area (Å²) >= 11 is 0. The van der Waals surface area contributed by atoms with Gasteiger partial charge in [-0.2, -0.15) is 9.97 Å². The van der Waals surface area contributed by atoms with Crippen LogP contribution in [-0.4, -0.2) is 50.5 Å². The van der Waals surface area contributed by atoms with Crippen LogP contribution in [0.15, 0.2) is 6.33 Å². The first kappa shape index (κ1) is 11.0. The summed E-state index contributed by atoms with van der Waals surface area (Å²) in [5.41, 5.74) is 7.20. The second kappa shape index (κ2) is 4.06. The molecule has 3 saturated heterocycles. The molecule has 0 spiro atoms. The number of nitrogen functional groups attached to an aromatic ring is 1. The number of H-pyrrole nitrogens is 1. The molecule has 5 rings (SSSR count). The number of anilines is 2. The minimum absolute atomic E-state index is 0.267. The third kappa shape index (κ3) is 1.81. The van der Waals surface area contributed by atoms with Gasteiger partial charge in [-0.15, -0.1) is 0 Å². The number of piperidine rings is 3. The van der Waals surface area contributed by atoms with E-state index in [0.29, 0.717) is 11.7 Å². The zero-order valence-corrected chi connectivity index (χ0v) is 10.6. The Hall–Kier alpha value is -1.89. The number of imidazole rings is 1. The maximum Gasteiger partial charge on any atom is 0.224 e. The highest BCUT2D eigenvalue weighted by molar-refractivity contribution is 5.83. The van der Waals surface area contributed by atoms with Crippen LogP contribution >= 0.6 is 0 Å². The number of hydrogen-bond acceptors (Lipinski definition) is 6. The molecule has 7 nitrogen and oxygen atoms in total. The molecule has 3 fully saturated rings. The number of rotatable bonds is 2. The molecule has 19 heavy (non-hydrogen) atoms. The van der Waals surface area contributed by atoms with Gasteiger partial charge < -0.3 is 20.9 Å². The molecular weight excluding hydrogens is 242 g/mol. The van der Waals surface area contributed by atoms with Crippen LogP contribution in [0.3, 0.4) is 0 Å². The molecule has 0 aromatic carbocycles. The Morgan fingerprint density at radius 3 is 2.89 bits per heavy atom. The van der Waals surface area contributed by atoms with Crippen LogP contribution < -0.4 is 11.1 Å². The smallest absolute Gasteiger partial charge is 0.224 e. The quantitative estimate of drug-likeness (QED) is 0.724. The fourth-order valence-corrected chi connectivity index (χ4v) is 3.26. The third-order valence-electron chi connectivity index (χ3n) is 4.28. The highest BCUT2D eigenvalue weighted by Crippen LogP contribution is 2.30. The second-order valence-electron chi connectivity index (χ2n) is 5.42. The molecule has 4 N–H and O–H groups in total. The van der Waals surface area contributed by atoms with Gasteiger partial charge >= 0.3 is 0 Å². The highest BCUT2D eigenvalue weighted by Gasteiger charge is 2.34. The molecular formula is C12H17N7.